The number of rotatable bonds is 12. The van der Waals surface area contributed by atoms with Crippen molar-refractivity contribution in [2.75, 3.05) is 6.54 Å². The van der Waals surface area contributed by atoms with Crippen molar-refractivity contribution in [2.24, 2.45) is 0 Å². The zero-order valence-corrected chi connectivity index (χ0v) is 12.8. The van der Waals surface area contributed by atoms with E-state index in [9.17, 15) is 0 Å². The SMILES string of the molecule is CCCCCCCCCCC(NCC)c1ccco1. The molecule has 0 saturated carbocycles. The van der Waals surface area contributed by atoms with Crippen LogP contribution in [0.4, 0.5) is 0 Å². The van der Waals surface area contributed by atoms with Gasteiger partial charge < -0.3 is 9.73 Å². The predicted molar refractivity (Wildman–Crippen MR) is 82.4 cm³/mol. The fraction of sp³-hybridized carbons (Fsp3) is 0.765. The highest BCUT2D eigenvalue weighted by Crippen LogP contribution is 2.20. The molecular weight excluding hydrogens is 234 g/mol. The monoisotopic (exact) mass is 265 g/mol. The van der Waals surface area contributed by atoms with Crippen LogP contribution >= 0.6 is 0 Å². The Labute approximate surface area is 119 Å². The molecule has 2 heteroatoms. The molecule has 0 bridgehead atoms. The minimum absolute atomic E-state index is 0.403. The first-order chi connectivity index (χ1) is 9.38. The van der Waals surface area contributed by atoms with Crippen LogP contribution in [0.25, 0.3) is 0 Å². The van der Waals surface area contributed by atoms with Gasteiger partial charge in [0.25, 0.3) is 0 Å². The molecule has 1 aromatic rings. The van der Waals surface area contributed by atoms with Gasteiger partial charge >= 0.3 is 0 Å². The van der Waals surface area contributed by atoms with Crippen LogP contribution in [0.5, 0.6) is 0 Å². The van der Waals surface area contributed by atoms with Gasteiger partial charge in [0.1, 0.15) is 5.76 Å². The number of unbranched alkanes of at least 4 members (excludes halogenated alkanes) is 7. The highest BCUT2D eigenvalue weighted by molar-refractivity contribution is 5.04. The molecule has 1 aromatic heterocycles. The summed E-state index contributed by atoms with van der Waals surface area (Å²) < 4.78 is 5.51. The highest BCUT2D eigenvalue weighted by Gasteiger charge is 2.11. The Morgan fingerprint density at radius 1 is 1.00 bits per heavy atom. The van der Waals surface area contributed by atoms with Gasteiger partial charge in [-0.25, -0.2) is 0 Å². The Bertz CT molecular complexity index is 281. The number of hydrogen-bond acceptors (Lipinski definition) is 2. The van der Waals surface area contributed by atoms with Crippen molar-refractivity contribution in [3.63, 3.8) is 0 Å². The molecule has 0 spiro atoms. The van der Waals surface area contributed by atoms with Crippen molar-refractivity contribution >= 4 is 0 Å². The largest absolute Gasteiger partial charge is 0.468 e. The second-order valence-corrected chi connectivity index (χ2v) is 5.39. The third kappa shape index (κ3) is 7.41. The van der Waals surface area contributed by atoms with Crippen LogP contribution in [-0.2, 0) is 0 Å². The van der Waals surface area contributed by atoms with Crippen molar-refractivity contribution in [1.29, 1.82) is 0 Å². The molecule has 1 heterocycles. The molecule has 1 unspecified atom stereocenters. The van der Waals surface area contributed by atoms with E-state index in [4.69, 9.17) is 4.42 Å². The molecule has 0 aliphatic rings. The maximum absolute atomic E-state index is 5.51. The predicted octanol–water partition coefficient (Wildman–Crippen LogP) is 5.46. The van der Waals surface area contributed by atoms with Crippen molar-refractivity contribution in [3.8, 4) is 0 Å². The van der Waals surface area contributed by atoms with E-state index in [0.717, 1.165) is 12.3 Å². The fourth-order valence-electron chi connectivity index (χ4n) is 2.56. The van der Waals surface area contributed by atoms with Gasteiger partial charge in [0.15, 0.2) is 0 Å². The van der Waals surface area contributed by atoms with Gasteiger partial charge in [-0.05, 0) is 25.1 Å². The van der Waals surface area contributed by atoms with Gasteiger partial charge in [-0.2, -0.15) is 0 Å². The van der Waals surface area contributed by atoms with Crippen molar-refractivity contribution in [1.82, 2.24) is 5.32 Å². The Morgan fingerprint density at radius 2 is 1.68 bits per heavy atom. The molecule has 0 amide bonds. The van der Waals surface area contributed by atoms with Gasteiger partial charge in [-0.1, -0.05) is 65.2 Å². The van der Waals surface area contributed by atoms with Crippen molar-refractivity contribution in [2.45, 2.75) is 77.7 Å². The molecular formula is C17H31NO. The molecule has 110 valence electrons. The van der Waals surface area contributed by atoms with Crippen LogP contribution in [0.1, 0.15) is 83.4 Å². The quantitative estimate of drug-likeness (QED) is 0.508. The lowest BCUT2D eigenvalue weighted by Crippen LogP contribution is -2.20. The number of nitrogens with one attached hydrogen (secondary N) is 1. The summed E-state index contributed by atoms with van der Waals surface area (Å²) in [4.78, 5) is 0. The van der Waals surface area contributed by atoms with Gasteiger partial charge in [0.2, 0.25) is 0 Å². The van der Waals surface area contributed by atoms with Crippen LogP contribution in [0.2, 0.25) is 0 Å². The van der Waals surface area contributed by atoms with Crippen LogP contribution in [0.3, 0.4) is 0 Å². The third-order valence-corrected chi connectivity index (χ3v) is 3.68. The van der Waals surface area contributed by atoms with E-state index in [1.165, 1.54) is 57.8 Å². The molecule has 19 heavy (non-hydrogen) atoms. The first kappa shape index (κ1) is 16.3. The summed E-state index contributed by atoms with van der Waals surface area (Å²) in [6.45, 7) is 5.43. The van der Waals surface area contributed by atoms with Crippen LogP contribution in [0, 0.1) is 0 Å². The summed E-state index contributed by atoms with van der Waals surface area (Å²) in [6, 6.07) is 4.46. The smallest absolute Gasteiger partial charge is 0.120 e. The third-order valence-electron chi connectivity index (χ3n) is 3.68. The Balaban J connectivity index is 2.06. The number of furan rings is 1. The van der Waals surface area contributed by atoms with Crippen molar-refractivity contribution in [3.05, 3.63) is 24.2 Å². The summed E-state index contributed by atoms with van der Waals surface area (Å²) in [6.07, 6.45) is 14.0. The Hall–Kier alpha value is -0.760. The molecule has 1 N–H and O–H groups in total. The summed E-state index contributed by atoms with van der Waals surface area (Å²) in [7, 11) is 0. The van der Waals surface area contributed by atoms with E-state index in [2.05, 4.69) is 25.2 Å². The van der Waals surface area contributed by atoms with Gasteiger partial charge in [0.05, 0.1) is 12.3 Å². The molecule has 0 saturated heterocycles. The minimum atomic E-state index is 0.403. The zero-order chi connectivity index (χ0) is 13.8. The molecule has 0 aliphatic heterocycles. The molecule has 0 fully saturated rings. The highest BCUT2D eigenvalue weighted by atomic mass is 16.3. The van der Waals surface area contributed by atoms with E-state index in [1.807, 2.05) is 6.07 Å². The van der Waals surface area contributed by atoms with E-state index < -0.39 is 0 Å². The zero-order valence-electron chi connectivity index (χ0n) is 12.8. The Kier molecular flexibility index (Phi) is 9.52. The second kappa shape index (κ2) is 11.1. The molecule has 0 aromatic carbocycles. The molecule has 1 rings (SSSR count). The summed E-state index contributed by atoms with van der Waals surface area (Å²) >= 11 is 0. The van der Waals surface area contributed by atoms with Gasteiger partial charge in [-0.3, -0.25) is 0 Å². The lowest BCUT2D eigenvalue weighted by molar-refractivity contribution is 0.389. The molecule has 0 radical (unpaired) electrons. The standard InChI is InChI=1S/C17H31NO/c1-3-5-6-7-8-9-10-11-13-16(18-4-2)17-14-12-15-19-17/h12,14-16,18H,3-11,13H2,1-2H3. The first-order valence-corrected chi connectivity index (χ1v) is 8.15. The maximum atomic E-state index is 5.51. The van der Waals surface area contributed by atoms with E-state index >= 15 is 0 Å². The van der Waals surface area contributed by atoms with E-state index in [-0.39, 0.29) is 0 Å². The molecule has 1 atom stereocenters. The Morgan fingerprint density at radius 3 is 2.26 bits per heavy atom. The van der Waals surface area contributed by atoms with Crippen LogP contribution < -0.4 is 5.32 Å². The fourth-order valence-corrected chi connectivity index (χ4v) is 2.56. The molecule has 0 aliphatic carbocycles. The first-order valence-electron chi connectivity index (χ1n) is 8.15. The van der Waals surface area contributed by atoms with Crippen molar-refractivity contribution < 1.29 is 4.42 Å². The topological polar surface area (TPSA) is 25.2 Å². The summed E-state index contributed by atoms with van der Waals surface area (Å²) in [5.74, 6) is 1.09. The minimum Gasteiger partial charge on any atom is -0.468 e. The average molecular weight is 265 g/mol. The summed E-state index contributed by atoms with van der Waals surface area (Å²) in [5.41, 5.74) is 0. The van der Waals surface area contributed by atoms with E-state index in [0.29, 0.717) is 6.04 Å². The van der Waals surface area contributed by atoms with Crippen LogP contribution in [-0.4, -0.2) is 6.54 Å². The lowest BCUT2D eigenvalue weighted by atomic mass is 10.0. The van der Waals surface area contributed by atoms with Crippen LogP contribution in [0.15, 0.2) is 22.8 Å². The molecule has 2 nitrogen and oxygen atoms in total. The van der Waals surface area contributed by atoms with Gasteiger partial charge in [-0.15, -0.1) is 0 Å². The maximum Gasteiger partial charge on any atom is 0.120 e. The van der Waals surface area contributed by atoms with E-state index in [1.54, 1.807) is 6.26 Å². The second-order valence-electron chi connectivity index (χ2n) is 5.39. The summed E-state index contributed by atoms with van der Waals surface area (Å²) in [5, 5.41) is 3.51. The lowest BCUT2D eigenvalue weighted by Gasteiger charge is -2.15. The number of hydrogen-bond donors (Lipinski definition) is 1. The normalized spacial score (nSPS) is 12.7. The van der Waals surface area contributed by atoms with Gasteiger partial charge in [0, 0.05) is 0 Å². The average Bonchev–Trinajstić information content (AvgIpc) is 2.94.